The molecule has 0 atom stereocenters. The molecule has 0 saturated heterocycles. The Bertz CT molecular complexity index is 1170. The number of aromatic nitrogens is 2. The molecule has 1 N–H and O–H groups in total. The summed E-state index contributed by atoms with van der Waals surface area (Å²) < 4.78 is 24.4. The number of amides is 1. The van der Waals surface area contributed by atoms with E-state index in [1.54, 1.807) is 36.4 Å². The normalized spacial score (nSPS) is 11.5. The Kier molecular flexibility index (Phi) is 4.60. The highest BCUT2D eigenvalue weighted by molar-refractivity contribution is 7.90. The molecule has 3 rings (SSSR count). The van der Waals surface area contributed by atoms with Crippen LogP contribution in [0.5, 0.6) is 0 Å². The summed E-state index contributed by atoms with van der Waals surface area (Å²) in [6.45, 7) is 0. The molecule has 0 unspecified atom stereocenters. The van der Waals surface area contributed by atoms with E-state index in [2.05, 4.69) is 10.4 Å². The predicted octanol–water partition coefficient (Wildman–Crippen LogP) is 1.52. The Morgan fingerprint density at radius 2 is 1.81 bits per heavy atom. The Morgan fingerprint density at radius 3 is 2.50 bits per heavy atom. The lowest BCUT2D eigenvalue weighted by atomic mass is 10.1. The minimum Gasteiger partial charge on any atom is -0.326 e. The standard InChI is InChI=1S/C18H17N3O4S/c1-21-18(23)15-9-4-3-8-14(15)16(20-21)11-17(22)19-12-6-5-7-13(10-12)26(2,24)25/h3-10H,11H2,1-2H3,(H,19,22). The SMILES string of the molecule is Cn1nc(CC(=O)Nc2cccc(S(C)(=O)=O)c2)c2ccccc2c1=O. The van der Waals surface area contributed by atoms with Gasteiger partial charge >= 0.3 is 0 Å². The van der Waals surface area contributed by atoms with Crippen LogP contribution in [0.3, 0.4) is 0 Å². The van der Waals surface area contributed by atoms with Crippen molar-refractivity contribution in [1.29, 1.82) is 0 Å². The molecule has 7 nitrogen and oxygen atoms in total. The number of nitrogens with zero attached hydrogens (tertiary/aromatic N) is 2. The van der Waals surface area contributed by atoms with Crippen molar-refractivity contribution in [1.82, 2.24) is 9.78 Å². The first-order chi connectivity index (χ1) is 12.3. The highest BCUT2D eigenvalue weighted by Crippen LogP contribution is 2.17. The van der Waals surface area contributed by atoms with Gasteiger partial charge in [0.2, 0.25) is 5.91 Å². The largest absolute Gasteiger partial charge is 0.326 e. The van der Waals surface area contributed by atoms with E-state index < -0.39 is 9.84 Å². The highest BCUT2D eigenvalue weighted by Gasteiger charge is 2.13. The maximum atomic E-state index is 12.4. The fraction of sp³-hybridized carbons (Fsp3) is 0.167. The Balaban J connectivity index is 1.89. The van der Waals surface area contributed by atoms with Gasteiger partial charge in [-0.2, -0.15) is 5.10 Å². The minimum absolute atomic E-state index is 0.0439. The first-order valence-electron chi connectivity index (χ1n) is 7.80. The summed E-state index contributed by atoms with van der Waals surface area (Å²) in [5, 5.41) is 7.97. The summed E-state index contributed by atoms with van der Waals surface area (Å²) in [6.07, 6.45) is 1.06. The van der Waals surface area contributed by atoms with Crippen LogP contribution >= 0.6 is 0 Å². The van der Waals surface area contributed by atoms with E-state index in [4.69, 9.17) is 0 Å². The van der Waals surface area contributed by atoms with Gasteiger partial charge in [0.15, 0.2) is 9.84 Å². The number of carbonyl (C=O) groups excluding carboxylic acids is 1. The molecule has 1 heterocycles. The summed E-state index contributed by atoms with van der Waals surface area (Å²) in [7, 11) is -1.83. The fourth-order valence-electron chi connectivity index (χ4n) is 2.67. The van der Waals surface area contributed by atoms with Crippen molar-refractivity contribution in [3.05, 3.63) is 64.6 Å². The number of carbonyl (C=O) groups is 1. The number of hydrogen-bond donors (Lipinski definition) is 1. The number of sulfone groups is 1. The van der Waals surface area contributed by atoms with Gasteiger partial charge in [0.05, 0.1) is 22.4 Å². The van der Waals surface area contributed by atoms with Gasteiger partial charge in [-0.25, -0.2) is 13.1 Å². The topological polar surface area (TPSA) is 98.1 Å². The molecule has 1 amide bonds. The second kappa shape index (κ2) is 6.72. The summed E-state index contributed by atoms with van der Waals surface area (Å²) in [6, 6.07) is 13.0. The van der Waals surface area contributed by atoms with Crippen molar-refractivity contribution in [3.8, 4) is 0 Å². The van der Waals surface area contributed by atoms with Crippen LogP contribution in [0.15, 0.2) is 58.2 Å². The van der Waals surface area contributed by atoms with Gasteiger partial charge in [-0.1, -0.05) is 24.3 Å². The summed E-state index contributed by atoms with van der Waals surface area (Å²) in [4.78, 5) is 24.7. The van der Waals surface area contributed by atoms with Crippen LogP contribution in [0, 0.1) is 0 Å². The number of anilines is 1. The zero-order chi connectivity index (χ0) is 18.9. The average Bonchev–Trinajstić information content (AvgIpc) is 2.59. The van der Waals surface area contributed by atoms with Crippen LogP contribution in [0.4, 0.5) is 5.69 Å². The molecular weight excluding hydrogens is 354 g/mol. The smallest absolute Gasteiger partial charge is 0.274 e. The second-order valence-electron chi connectivity index (χ2n) is 5.95. The first kappa shape index (κ1) is 17.8. The molecule has 0 aliphatic heterocycles. The van der Waals surface area contributed by atoms with E-state index in [9.17, 15) is 18.0 Å². The van der Waals surface area contributed by atoms with E-state index in [0.29, 0.717) is 22.2 Å². The Hall–Kier alpha value is -3.00. The van der Waals surface area contributed by atoms with Crippen LogP contribution in [-0.2, 0) is 28.1 Å². The molecule has 26 heavy (non-hydrogen) atoms. The van der Waals surface area contributed by atoms with E-state index in [1.165, 1.54) is 23.9 Å². The molecule has 0 bridgehead atoms. The number of fused-ring (bicyclic) bond motifs is 1. The van der Waals surface area contributed by atoms with Gasteiger partial charge in [0.1, 0.15) is 0 Å². The second-order valence-corrected chi connectivity index (χ2v) is 7.96. The minimum atomic E-state index is -3.36. The van der Waals surface area contributed by atoms with Crippen LogP contribution in [-0.4, -0.2) is 30.4 Å². The zero-order valence-corrected chi connectivity index (χ0v) is 15.1. The van der Waals surface area contributed by atoms with Crippen molar-refractivity contribution in [2.75, 3.05) is 11.6 Å². The lowest BCUT2D eigenvalue weighted by molar-refractivity contribution is -0.115. The predicted molar refractivity (Wildman–Crippen MR) is 98.9 cm³/mol. The first-order valence-corrected chi connectivity index (χ1v) is 9.70. The molecular formula is C18H17N3O4S. The van der Waals surface area contributed by atoms with Gasteiger partial charge < -0.3 is 5.32 Å². The van der Waals surface area contributed by atoms with Crippen LogP contribution in [0.2, 0.25) is 0 Å². The molecule has 8 heteroatoms. The molecule has 0 fully saturated rings. The molecule has 134 valence electrons. The van der Waals surface area contributed by atoms with Gasteiger partial charge in [-0.15, -0.1) is 0 Å². The summed E-state index contributed by atoms with van der Waals surface area (Å²) >= 11 is 0. The van der Waals surface area contributed by atoms with Gasteiger partial charge in [0.25, 0.3) is 5.56 Å². The molecule has 0 aliphatic carbocycles. The molecule has 0 aliphatic rings. The lowest BCUT2D eigenvalue weighted by Gasteiger charge is -2.09. The summed E-state index contributed by atoms with van der Waals surface area (Å²) in [5.74, 6) is -0.355. The van der Waals surface area contributed by atoms with E-state index in [0.717, 1.165) is 6.26 Å². The van der Waals surface area contributed by atoms with Crippen LogP contribution in [0.1, 0.15) is 5.69 Å². The quantitative estimate of drug-likeness (QED) is 0.750. The number of hydrogen-bond acceptors (Lipinski definition) is 5. The molecule has 0 radical (unpaired) electrons. The van der Waals surface area contributed by atoms with Crippen molar-refractivity contribution in [2.24, 2.45) is 7.05 Å². The van der Waals surface area contributed by atoms with Gasteiger partial charge in [0, 0.05) is 24.4 Å². The Labute approximate surface area is 150 Å². The van der Waals surface area contributed by atoms with E-state index >= 15 is 0 Å². The monoisotopic (exact) mass is 371 g/mol. The van der Waals surface area contributed by atoms with E-state index in [1.807, 2.05) is 0 Å². The zero-order valence-electron chi connectivity index (χ0n) is 14.3. The van der Waals surface area contributed by atoms with Crippen LogP contribution in [0.25, 0.3) is 10.8 Å². The van der Waals surface area contributed by atoms with Crippen molar-refractivity contribution in [2.45, 2.75) is 11.3 Å². The number of aryl methyl sites for hydroxylation is 1. The highest BCUT2D eigenvalue weighted by atomic mass is 32.2. The third kappa shape index (κ3) is 3.65. The fourth-order valence-corrected chi connectivity index (χ4v) is 3.34. The molecule has 2 aromatic carbocycles. The maximum Gasteiger partial charge on any atom is 0.274 e. The third-order valence-corrected chi connectivity index (χ3v) is 5.02. The number of rotatable bonds is 4. The number of nitrogens with one attached hydrogen (secondary N) is 1. The van der Waals surface area contributed by atoms with Gasteiger partial charge in [-0.3, -0.25) is 9.59 Å². The Morgan fingerprint density at radius 1 is 1.12 bits per heavy atom. The third-order valence-electron chi connectivity index (χ3n) is 3.91. The van der Waals surface area contributed by atoms with Gasteiger partial charge in [-0.05, 0) is 24.3 Å². The molecule has 0 spiro atoms. The number of benzene rings is 2. The maximum absolute atomic E-state index is 12.4. The van der Waals surface area contributed by atoms with Crippen molar-refractivity contribution < 1.29 is 13.2 Å². The lowest BCUT2D eigenvalue weighted by Crippen LogP contribution is -2.24. The van der Waals surface area contributed by atoms with Crippen molar-refractivity contribution >= 4 is 32.2 Å². The van der Waals surface area contributed by atoms with Crippen molar-refractivity contribution in [3.63, 3.8) is 0 Å². The summed E-state index contributed by atoms with van der Waals surface area (Å²) in [5.41, 5.74) is 0.622. The van der Waals surface area contributed by atoms with Crippen LogP contribution < -0.4 is 10.9 Å². The molecule has 3 aromatic rings. The molecule has 1 aromatic heterocycles. The average molecular weight is 371 g/mol. The molecule has 0 saturated carbocycles. The van der Waals surface area contributed by atoms with E-state index in [-0.39, 0.29) is 22.8 Å².